The van der Waals surface area contributed by atoms with Gasteiger partial charge < -0.3 is 9.64 Å². The summed E-state index contributed by atoms with van der Waals surface area (Å²) in [5.41, 5.74) is 0.679. The maximum absolute atomic E-state index is 13.6. The summed E-state index contributed by atoms with van der Waals surface area (Å²) in [6.45, 7) is 0.422. The highest BCUT2D eigenvalue weighted by Crippen LogP contribution is 2.20. The van der Waals surface area contributed by atoms with Gasteiger partial charge in [0.05, 0.1) is 12.0 Å². The van der Waals surface area contributed by atoms with Gasteiger partial charge in [-0.25, -0.2) is 9.37 Å². The van der Waals surface area contributed by atoms with Gasteiger partial charge in [-0.3, -0.25) is 10.1 Å². The zero-order valence-electron chi connectivity index (χ0n) is 11.6. The third-order valence-electron chi connectivity index (χ3n) is 2.97. The maximum Gasteiger partial charge on any atom is 0.287 e. The number of nitro groups is 1. The van der Waals surface area contributed by atoms with Crippen molar-refractivity contribution in [2.24, 2.45) is 0 Å². The van der Waals surface area contributed by atoms with Crippen LogP contribution in [0.3, 0.4) is 0 Å². The lowest BCUT2D eigenvalue weighted by Crippen LogP contribution is -2.17. The molecule has 0 fully saturated rings. The van der Waals surface area contributed by atoms with E-state index in [0.29, 0.717) is 12.4 Å². The molecule has 0 atom stereocenters. The highest BCUT2D eigenvalue weighted by atomic mass is 19.1. The van der Waals surface area contributed by atoms with Gasteiger partial charge in [-0.2, -0.15) is 0 Å². The molecule has 1 aromatic carbocycles. The molecule has 0 aliphatic carbocycles. The van der Waals surface area contributed by atoms with E-state index in [1.165, 1.54) is 25.4 Å². The van der Waals surface area contributed by atoms with Gasteiger partial charge in [-0.15, -0.1) is 0 Å². The Bertz CT molecular complexity index is 646. The highest BCUT2D eigenvalue weighted by molar-refractivity contribution is 5.43. The second-order valence-corrected chi connectivity index (χ2v) is 4.46. The van der Waals surface area contributed by atoms with Gasteiger partial charge in [-0.05, 0) is 23.8 Å². The fraction of sp³-hybridized carbons (Fsp3) is 0.214. The van der Waals surface area contributed by atoms with Crippen molar-refractivity contribution in [3.8, 4) is 5.75 Å². The summed E-state index contributed by atoms with van der Waals surface area (Å²) in [5.74, 6) is 0.326. The van der Waals surface area contributed by atoms with Gasteiger partial charge in [0.2, 0.25) is 0 Å². The number of pyridine rings is 1. The second kappa shape index (κ2) is 6.17. The first-order valence-corrected chi connectivity index (χ1v) is 6.15. The molecule has 0 aliphatic heterocycles. The summed E-state index contributed by atoms with van der Waals surface area (Å²) in [7, 11) is 3.18. The summed E-state index contributed by atoms with van der Waals surface area (Å²) < 4.78 is 18.5. The van der Waals surface area contributed by atoms with E-state index in [0.717, 1.165) is 5.56 Å². The molecule has 1 aromatic heterocycles. The van der Waals surface area contributed by atoms with Crippen LogP contribution >= 0.6 is 0 Å². The number of hydrogen-bond donors (Lipinski definition) is 0. The number of methoxy groups -OCH3 is 1. The van der Waals surface area contributed by atoms with Crippen molar-refractivity contribution in [2.75, 3.05) is 19.1 Å². The van der Waals surface area contributed by atoms with E-state index >= 15 is 0 Å². The van der Waals surface area contributed by atoms with Gasteiger partial charge in [0.15, 0.2) is 11.6 Å². The second-order valence-electron chi connectivity index (χ2n) is 4.46. The van der Waals surface area contributed by atoms with Crippen LogP contribution in [0.2, 0.25) is 0 Å². The Balaban J connectivity index is 2.12. The number of hydrogen-bond acceptors (Lipinski definition) is 5. The predicted molar refractivity (Wildman–Crippen MR) is 76.0 cm³/mol. The molecule has 0 saturated heterocycles. The fourth-order valence-electron chi connectivity index (χ4n) is 1.88. The molecule has 0 saturated carbocycles. The molecule has 0 radical (unpaired) electrons. The molecule has 0 unspecified atom stereocenters. The molecular formula is C14H14FN3O3. The van der Waals surface area contributed by atoms with Crippen LogP contribution in [0.15, 0.2) is 36.5 Å². The predicted octanol–water partition coefficient (Wildman–Crippen LogP) is 2.77. The molecular weight excluding hydrogens is 277 g/mol. The fourth-order valence-corrected chi connectivity index (χ4v) is 1.88. The topological polar surface area (TPSA) is 68.5 Å². The Morgan fingerprint density at radius 2 is 2.14 bits per heavy atom. The first-order chi connectivity index (χ1) is 10.0. The molecule has 0 amide bonds. The lowest BCUT2D eigenvalue weighted by atomic mass is 10.2. The van der Waals surface area contributed by atoms with Gasteiger partial charge in [0, 0.05) is 19.7 Å². The highest BCUT2D eigenvalue weighted by Gasteiger charge is 2.10. The number of benzene rings is 1. The molecule has 1 heterocycles. The molecule has 0 spiro atoms. The average molecular weight is 291 g/mol. The SMILES string of the molecule is COc1ccc(CN(C)c2ccc([N+](=O)[O-])cn2)cc1F. The Labute approximate surface area is 120 Å². The zero-order valence-corrected chi connectivity index (χ0v) is 11.6. The Morgan fingerprint density at radius 1 is 1.38 bits per heavy atom. The Hall–Kier alpha value is -2.70. The van der Waals surface area contributed by atoms with E-state index in [2.05, 4.69) is 4.98 Å². The van der Waals surface area contributed by atoms with Crippen molar-refractivity contribution < 1.29 is 14.1 Å². The van der Waals surface area contributed by atoms with Crippen LogP contribution in [-0.4, -0.2) is 24.1 Å². The van der Waals surface area contributed by atoms with Crippen LogP contribution in [-0.2, 0) is 6.54 Å². The van der Waals surface area contributed by atoms with Gasteiger partial charge in [0.25, 0.3) is 5.69 Å². The summed E-state index contributed by atoms with van der Waals surface area (Å²) in [6.07, 6.45) is 1.19. The molecule has 110 valence electrons. The minimum absolute atomic E-state index is 0.0670. The lowest BCUT2D eigenvalue weighted by Gasteiger charge is -2.18. The van der Waals surface area contributed by atoms with Crippen molar-refractivity contribution in [1.82, 2.24) is 4.98 Å². The normalized spacial score (nSPS) is 10.2. The van der Waals surface area contributed by atoms with Gasteiger partial charge >= 0.3 is 0 Å². The summed E-state index contributed by atoms with van der Waals surface area (Å²) in [5, 5.41) is 10.6. The monoisotopic (exact) mass is 291 g/mol. The average Bonchev–Trinajstić information content (AvgIpc) is 2.47. The number of rotatable bonds is 5. The molecule has 0 aliphatic rings. The summed E-state index contributed by atoms with van der Waals surface area (Å²) in [6, 6.07) is 7.64. The van der Waals surface area contributed by atoms with E-state index in [-0.39, 0.29) is 11.4 Å². The van der Waals surface area contributed by atoms with E-state index in [9.17, 15) is 14.5 Å². The van der Waals surface area contributed by atoms with E-state index < -0.39 is 10.7 Å². The third kappa shape index (κ3) is 3.44. The maximum atomic E-state index is 13.6. The van der Waals surface area contributed by atoms with Crippen LogP contribution in [0.25, 0.3) is 0 Å². The van der Waals surface area contributed by atoms with Crippen molar-refractivity contribution in [1.29, 1.82) is 0 Å². The molecule has 2 rings (SSSR count). The van der Waals surface area contributed by atoms with Crippen LogP contribution in [0, 0.1) is 15.9 Å². The quantitative estimate of drug-likeness (QED) is 0.626. The Kier molecular flexibility index (Phi) is 4.32. The van der Waals surface area contributed by atoms with Gasteiger partial charge in [-0.1, -0.05) is 6.07 Å². The van der Waals surface area contributed by atoms with E-state index in [1.807, 2.05) is 0 Å². The third-order valence-corrected chi connectivity index (χ3v) is 2.97. The number of anilines is 1. The van der Waals surface area contributed by atoms with Crippen molar-refractivity contribution >= 4 is 11.5 Å². The lowest BCUT2D eigenvalue weighted by molar-refractivity contribution is -0.385. The minimum atomic E-state index is -0.504. The zero-order chi connectivity index (χ0) is 15.4. The first kappa shape index (κ1) is 14.7. The number of ether oxygens (including phenoxy) is 1. The standard InChI is InChI=1S/C14H14FN3O3/c1-17(14-6-4-11(8-16-14)18(19)20)9-10-3-5-13(21-2)12(15)7-10/h3-8H,9H2,1-2H3. The minimum Gasteiger partial charge on any atom is -0.494 e. The molecule has 0 bridgehead atoms. The van der Waals surface area contributed by atoms with Crippen molar-refractivity contribution in [2.45, 2.75) is 6.54 Å². The number of aromatic nitrogens is 1. The largest absolute Gasteiger partial charge is 0.494 e. The van der Waals surface area contributed by atoms with Crippen LogP contribution in [0.4, 0.5) is 15.9 Å². The smallest absolute Gasteiger partial charge is 0.287 e. The number of halogens is 1. The molecule has 21 heavy (non-hydrogen) atoms. The van der Waals surface area contributed by atoms with Crippen molar-refractivity contribution in [3.63, 3.8) is 0 Å². The van der Waals surface area contributed by atoms with Crippen LogP contribution in [0.5, 0.6) is 5.75 Å². The van der Waals surface area contributed by atoms with Crippen molar-refractivity contribution in [3.05, 3.63) is 58.0 Å². The molecule has 6 nitrogen and oxygen atoms in total. The summed E-state index contributed by atoms with van der Waals surface area (Å²) >= 11 is 0. The number of nitrogens with zero attached hydrogens (tertiary/aromatic N) is 3. The van der Waals surface area contributed by atoms with Crippen LogP contribution < -0.4 is 9.64 Å². The molecule has 2 aromatic rings. The molecule has 0 N–H and O–H groups in total. The van der Waals surface area contributed by atoms with Crippen LogP contribution in [0.1, 0.15) is 5.56 Å². The summed E-state index contributed by atoms with van der Waals surface area (Å²) in [4.78, 5) is 15.9. The van der Waals surface area contributed by atoms with E-state index in [4.69, 9.17) is 4.74 Å². The molecule has 7 heteroatoms. The van der Waals surface area contributed by atoms with E-state index in [1.54, 1.807) is 30.1 Å². The van der Waals surface area contributed by atoms with Gasteiger partial charge in [0.1, 0.15) is 12.0 Å². The first-order valence-electron chi connectivity index (χ1n) is 6.15. The Morgan fingerprint density at radius 3 is 2.67 bits per heavy atom.